The number of anilines is 2. The van der Waals surface area contributed by atoms with Gasteiger partial charge in [0.15, 0.2) is 16.6 Å². The Balaban J connectivity index is 1.34. The molecule has 7 heteroatoms. The summed E-state index contributed by atoms with van der Waals surface area (Å²) in [5.74, 6) is 1.51. The maximum atomic E-state index is 12.5. The lowest BCUT2D eigenvalue weighted by atomic mass is 9.96. The van der Waals surface area contributed by atoms with Crippen LogP contribution in [0.4, 0.5) is 10.8 Å². The number of nitrogens with zero attached hydrogens (tertiary/aromatic N) is 2. The Morgan fingerprint density at radius 1 is 1.29 bits per heavy atom. The van der Waals surface area contributed by atoms with Gasteiger partial charge in [0, 0.05) is 41.8 Å². The molecule has 1 aromatic carbocycles. The first-order valence-electron chi connectivity index (χ1n) is 8.07. The molecule has 126 valence electrons. The highest BCUT2D eigenvalue weighted by Gasteiger charge is 2.26. The van der Waals surface area contributed by atoms with Gasteiger partial charge < -0.3 is 19.7 Å². The van der Waals surface area contributed by atoms with Crippen LogP contribution in [0.25, 0.3) is 0 Å². The number of amides is 1. The van der Waals surface area contributed by atoms with E-state index in [9.17, 15) is 4.79 Å². The first-order valence-corrected chi connectivity index (χ1v) is 8.88. The largest absolute Gasteiger partial charge is 0.454 e. The molecule has 2 aromatic rings. The lowest BCUT2D eigenvalue weighted by Crippen LogP contribution is -2.38. The van der Waals surface area contributed by atoms with E-state index < -0.39 is 0 Å². The van der Waals surface area contributed by atoms with Crippen LogP contribution in [0.3, 0.4) is 0 Å². The van der Waals surface area contributed by atoms with Crippen molar-refractivity contribution in [3.8, 4) is 11.5 Å². The molecule has 0 bridgehead atoms. The molecule has 1 N–H and O–H groups in total. The fourth-order valence-corrected chi connectivity index (χ4v) is 3.85. The Bertz CT molecular complexity index is 753. The first-order chi connectivity index (χ1) is 11.7. The van der Waals surface area contributed by atoms with E-state index in [2.05, 4.69) is 22.1 Å². The predicted octanol–water partition coefficient (Wildman–Crippen LogP) is 3.04. The molecule has 1 saturated heterocycles. The monoisotopic (exact) mass is 345 g/mol. The Labute approximate surface area is 144 Å². The summed E-state index contributed by atoms with van der Waals surface area (Å²) in [6, 6.07) is 5.48. The summed E-state index contributed by atoms with van der Waals surface area (Å²) in [5, 5.41) is 4.05. The van der Waals surface area contributed by atoms with Crippen LogP contribution >= 0.6 is 11.3 Å². The molecule has 1 fully saturated rings. The number of piperidine rings is 1. The van der Waals surface area contributed by atoms with Gasteiger partial charge in [-0.3, -0.25) is 4.79 Å². The Morgan fingerprint density at radius 2 is 2.08 bits per heavy atom. The van der Waals surface area contributed by atoms with Crippen molar-refractivity contribution in [3.63, 3.8) is 0 Å². The second-order valence-electron chi connectivity index (χ2n) is 6.07. The van der Waals surface area contributed by atoms with Crippen LogP contribution in [-0.2, 0) is 4.79 Å². The summed E-state index contributed by atoms with van der Waals surface area (Å²) in [6.07, 6.45) is 3.59. The lowest BCUT2D eigenvalue weighted by molar-refractivity contribution is -0.120. The molecular formula is C17H19N3O3S. The first kappa shape index (κ1) is 15.3. The molecule has 0 aliphatic carbocycles. The van der Waals surface area contributed by atoms with Crippen LogP contribution in [0, 0.1) is 12.8 Å². The topological polar surface area (TPSA) is 63.7 Å². The summed E-state index contributed by atoms with van der Waals surface area (Å²) < 4.78 is 10.6. The number of fused-ring (bicyclic) bond motifs is 1. The molecule has 6 nitrogen and oxygen atoms in total. The lowest BCUT2D eigenvalue weighted by Gasteiger charge is -2.31. The van der Waals surface area contributed by atoms with Gasteiger partial charge in [-0.15, -0.1) is 11.3 Å². The van der Waals surface area contributed by atoms with Gasteiger partial charge in [-0.2, -0.15) is 0 Å². The fraction of sp³-hybridized carbons (Fsp3) is 0.412. The Morgan fingerprint density at radius 3 is 2.83 bits per heavy atom. The standard InChI is InChI=1S/C17H19N3O3S/c1-11-9-18-17(24-11)20-6-4-12(5-7-20)16(21)19-13-2-3-14-15(8-13)23-10-22-14/h2-3,8-9,12H,4-7,10H2,1H3,(H,19,21). The summed E-state index contributed by atoms with van der Waals surface area (Å²) in [5.41, 5.74) is 0.752. The number of carbonyl (C=O) groups excluding carboxylic acids is 1. The van der Waals surface area contributed by atoms with E-state index in [-0.39, 0.29) is 18.6 Å². The highest BCUT2D eigenvalue weighted by atomic mass is 32.1. The summed E-state index contributed by atoms with van der Waals surface area (Å²) in [7, 11) is 0. The van der Waals surface area contributed by atoms with Crippen molar-refractivity contribution in [1.82, 2.24) is 4.98 Å². The van der Waals surface area contributed by atoms with Gasteiger partial charge in [-0.1, -0.05) is 0 Å². The molecule has 24 heavy (non-hydrogen) atoms. The number of carbonyl (C=O) groups is 1. The van der Waals surface area contributed by atoms with Gasteiger partial charge in [0.1, 0.15) is 0 Å². The van der Waals surface area contributed by atoms with Crippen LogP contribution in [0.15, 0.2) is 24.4 Å². The van der Waals surface area contributed by atoms with E-state index in [0.29, 0.717) is 5.75 Å². The Hall–Kier alpha value is -2.28. The van der Waals surface area contributed by atoms with Crippen molar-refractivity contribution in [2.45, 2.75) is 19.8 Å². The maximum absolute atomic E-state index is 12.5. The van der Waals surface area contributed by atoms with Gasteiger partial charge in [0.25, 0.3) is 0 Å². The third kappa shape index (κ3) is 3.03. The van der Waals surface area contributed by atoms with E-state index in [1.165, 1.54) is 4.88 Å². The van der Waals surface area contributed by atoms with Crippen molar-refractivity contribution >= 4 is 28.1 Å². The number of ether oxygens (including phenoxy) is 2. The van der Waals surface area contributed by atoms with E-state index in [1.54, 1.807) is 11.3 Å². The molecule has 2 aliphatic rings. The molecule has 0 radical (unpaired) electrons. The number of aryl methyl sites for hydroxylation is 1. The van der Waals surface area contributed by atoms with E-state index in [1.807, 2.05) is 24.4 Å². The van der Waals surface area contributed by atoms with Crippen molar-refractivity contribution in [2.24, 2.45) is 5.92 Å². The highest BCUT2D eigenvalue weighted by Crippen LogP contribution is 2.34. The summed E-state index contributed by atoms with van der Waals surface area (Å²) in [6.45, 7) is 4.03. The van der Waals surface area contributed by atoms with Crippen molar-refractivity contribution < 1.29 is 14.3 Å². The molecule has 0 unspecified atom stereocenters. The van der Waals surface area contributed by atoms with Crippen LogP contribution < -0.4 is 19.7 Å². The molecule has 0 atom stereocenters. The number of nitrogens with one attached hydrogen (secondary N) is 1. The zero-order valence-electron chi connectivity index (χ0n) is 13.4. The molecule has 0 saturated carbocycles. The minimum absolute atomic E-state index is 0.0349. The van der Waals surface area contributed by atoms with E-state index in [0.717, 1.165) is 42.5 Å². The molecule has 2 aliphatic heterocycles. The fourth-order valence-electron chi connectivity index (χ4n) is 3.04. The quantitative estimate of drug-likeness (QED) is 0.926. The van der Waals surface area contributed by atoms with Crippen molar-refractivity contribution in [2.75, 3.05) is 30.1 Å². The minimum atomic E-state index is 0.0349. The van der Waals surface area contributed by atoms with Crippen molar-refractivity contribution in [1.29, 1.82) is 0 Å². The zero-order chi connectivity index (χ0) is 16.5. The molecule has 1 amide bonds. The molecular weight excluding hydrogens is 326 g/mol. The third-order valence-corrected chi connectivity index (χ3v) is 5.36. The van der Waals surface area contributed by atoms with Crippen LogP contribution in [0.1, 0.15) is 17.7 Å². The van der Waals surface area contributed by atoms with E-state index >= 15 is 0 Å². The number of aromatic nitrogens is 1. The summed E-state index contributed by atoms with van der Waals surface area (Å²) in [4.78, 5) is 20.4. The number of thiazole rings is 1. The number of hydrogen-bond acceptors (Lipinski definition) is 6. The van der Waals surface area contributed by atoms with E-state index in [4.69, 9.17) is 9.47 Å². The van der Waals surface area contributed by atoms with Crippen molar-refractivity contribution in [3.05, 3.63) is 29.3 Å². The normalized spacial score (nSPS) is 17.1. The maximum Gasteiger partial charge on any atom is 0.231 e. The molecule has 1 aromatic heterocycles. The van der Waals surface area contributed by atoms with Crippen LogP contribution in [-0.4, -0.2) is 30.8 Å². The third-order valence-electron chi connectivity index (χ3n) is 4.39. The number of hydrogen-bond donors (Lipinski definition) is 1. The second-order valence-corrected chi connectivity index (χ2v) is 7.29. The SMILES string of the molecule is Cc1cnc(N2CCC(C(=O)Nc3ccc4c(c3)OCO4)CC2)s1. The smallest absolute Gasteiger partial charge is 0.231 e. The second kappa shape index (κ2) is 6.32. The average molecular weight is 345 g/mol. The van der Waals surface area contributed by atoms with Gasteiger partial charge in [0.2, 0.25) is 12.7 Å². The average Bonchev–Trinajstić information content (AvgIpc) is 3.23. The van der Waals surface area contributed by atoms with Gasteiger partial charge >= 0.3 is 0 Å². The molecule has 3 heterocycles. The Kier molecular flexibility index (Phi) is 4.02. The van der Waals surface area contributed by atoms with Gasteiger partial charge in [-0.25, -0.2) is 4.98 Å². The molecule has 4 rings (SSSR count). The minimum Gasteiger partial charge on any atom is -0.454 e. The predicted molar refractivity (Wildman–Crippen MR) is 93.0 cm³/mol. The zero-order valence-corrected chi connectivity index (χ0v) is 14.3. The molecule has 0 spiro atoms. The van der Waals surface area contributed by atoms with Gasteiger partial charge in [0.05, 0.1) is 0 Å². The number of rotatable bonds is 3. The van der Waals surface area contributed by atoms with Crippen LogP contribution in [0.2, 0.25) is 0 Å². The van der Waals surface area contributed by atoms with Gasteiger partial charge in [-0.05, 0) is 31.9 Å². The number of benzene rings is 1. The van der Waals surface area contributed by atoms with Crippen LogP contribution in [0.5, 0.6) is 11.5 Å². The summed E-state index contributed by atoms with van der Waals surface area (Å²) >= 11 is 1.71. The highest BCUT2D eigenvalue weighted by molar-refractivity contribution is 7.15.